The van der Waals surface area contributed by atoms with Crippen LogP contribution in [0.2, 0.25) is 5.02 Å². The summed E-state index contributed by atoms with van der Waals surface area (Å²) < 4.78 is 5.56. The first kappa shape index (κ1) is 19.4. The molecule has 4 rings (SSSR count). The highest BCUT2D eigenvalue weighted by atomic mass is 35.5. The molecule has 2 aliphatic rings. The number of benzene rings is 1. The van der Waals surface area contributed by atoms with E-state index in [4.69, 9.17) is 21.3 Å². The topological polar surface area (TPSA) is 42.4 Å². The molecule has 0 aliphatic carbocycles. The maximum Gasteiger partial charge on any atom is 0.251 e. The highest BCUT2D eigenvalue weighted by Crippen LogP contribution is 2.29. The molecule has 5 heteroatoms. The summed E-state index contributed by atoms with van der Waals surface area (Å²) in [5, 5.41) is 0.764. The Morgan fingerprint density at radius 2 is 1.89 bits per heavy atom. The number of amides is 1. The molecular weight excluding hydrogens is 372 g/mol. The van der Waals surface area contributed by atoms with E-state index in [9.17, 15) is 4.79 Å². The number of piperidine rings is 1. The molecule has 0 radical (unpaired) electrons. The average molecular weight is 399 g/mol. The van der Waals surface area contributed by atoms with Crippen molar-refractivity contribution >= 4 is 17.5 Å². The van der Waals surface area contributed by atoms with Crippen molar-refractivity contribution in [1.82, 2.24) is 9.88 Å². The highest BCUT2D eigenvalue weighted by molar-refractivity contribution is 6.30. The number of hydrogen-bond donors (Lipinski definition) is 0. The highest BCUT2D eigenvalue weighted by Gasteiger charge is 2.31. The molecule has 1 amide bonds. The number of carbonyl (C=O) groups is 1. The summed E-state index contributed by atoms with van der Waals surface area (Å²) in [4.78, 5) is 19.3. The minimum absolute atomic E-state index is 0.177. The Labute approximate surface area is 171 Å². The van der Waals surface area contributed by atoms with Crippen molar-refractivity contribution in [3.8, 4) is 0 Å². The van der Waals surface area contributed by atoms with Crippen molar-refractivity contribution in [3.63, 3.8) is 0 Å². The molecule has 2 fully saturated rings. The lowest BCUT2D eigenvalue weighted by Gasteiger charge is -2.33. The molecule has 2 aromatic rings. The van der Waals surface area contributed by atoms with Crippen LogP contribution in [-0.2, 0) is 16.0 Å². The van der Waals surface area contributed by atoms with Crippen molar-refractivity contribution in [2.24, 2.45) is 0 Å². The number of rotatable bonds is 4. The second kappa shape index (κ2) is 8.62. The van der Waals surface area contributed by atoms with E-state index in [1.54, 1.807) is 0 Å². The van der Waals surface area contributed by atoms with Crippen LogP contribution in [0.25, 0.3) is 0 Å². The number of hydrogen-bond acceptors (Lipinski definition) is 3. The Kier molecular flexibility index (Phi) is 5.98. The first-order chi connectivity index (χ1) is 13.6. The first-order valence-electron chi connectivity index (χ1n) is 10.2. The molecule has 0 N–H and O–H groups in total. The number of pyridine rings is 1. The van der Waals surface area contributed by atoms with E-state index < -0.39 is 0 Å². The van der Waals surface area contributed by atoms with Crippen molar-refractivity contribution in [1.29, 1.82) is 0 Å². The second-order valence-electron chi connectivity index (χ2n) is 7.95. The molecule has 148 valence electrons. The van der Waals surface area contributed by atoms with E-state index in [0.717, 1.165) is 68.2 Å². The molecule has 1 aromatic heterocycles. The number of nitrogens with zero attached hydrogens (tertiary/aromatic N) is 2. The Bertz CT molecular complexity index is 823. The monoisotopic (exact) mass is 398 g/mol. The Hall–Kier alpha value is -1.91. The summed E-state index contributed by atoms with van der Waals surface area (Å²) >= 11 is 6.00. The largest absolute Gasteiger partial charge is 0.368 e. The van der Waals surface area contributed by atoms with Gasteiger partial charge in [0.1, 0.15) is 6.10 Å². The molecular formula is C23H27ClN2O2. The fraction of sp³-hybridized carbons (Fsp3) is 0.478. The van der Waals surface area contributed by atoms with Gasteiger partial charge in [0.2, 0.25) is 0 Å². The lowest BCUT2D eigenvalue weighted by Crippen LogP contribution is -2.43. The summed E-state index contributed by atoms with van der Waals surface area (Å²) in [6.07, 6.45) is 4.47. The summed E-state index contributed by atoms with van der Waals surface area (Å²) in [7, 11) is 0. The zero-order chi connectivity index (χ0) is 19.5. The summed E-state index contributed by atoms with van der Waals surface area (Å²) in [6, 6.07) is 12.4. The number of likely N-dealkylation sites (tertiary alicyclic amines) is 1. The SMILES string of the molecule is Cc1cc(Cc2ccc(Cl)cc2)cc(C2CCN(C(=O)C3CCCO3)CC2)n1. The minimum Gasteiger partial charge on any atom is -0.368 e. The van der Waals surface area contributed by atoms with Gasteiger partial charge in [0.15, 0.2) is 0 Å². The predicted octanol–water partition coefficient (Wildman–Crippen LogP) is 4.52. The van der Waals surface area contributed by atoms with Crippen molar-refractivity contribution in [2.45, 2.75) is 51.0 Å². The van der Waals surface area contributed by atoms with Crippen molar-refractivity contribution in [2.75, 3.05) is 19.7 Å². The van der Waals surface area contributed by atoms with Gasteiger partial charge in [-0.25, -0.2) is 0 Å². The normalized spacial score (nSPS) is 20.5. The Morgan fingerprint density at radius 1 is 1.14 bits per heavy atom. The average Bonchev–Trinajstić information content (AvgIpc) is 3.24. The Morgan fingerprint density at radius 3 is 2.57 bits per heavy atom. The quantitative estimate of drug-likeness (QED) is 0.760. The number of carbonyl (C=O) groups excluding carboxylic acids is 1. The zero-order valence-electron chi connectivity index (χ0n) is 16.4. The van der Waals surface area contributed by atoms with Gasteiger partial charge in [-0.3, -0.25) is 9.78 Å². The molecule has 0 spiro atoms. The van der Waals surface area contributed by atoms with Gasteiger partial charge < -0.3 is 9.64 Å². The van der Waals surface area contributed by atoms with Crippen LogP contribution < -0.4 is 0 Å². The third kappa shape index (κ3) is 4.56. The molecule has 2 aliphatic heterocycles. The van der Waals surface area contributed by atoms with E-state index in [-0.39, 0.29) is 12.0 Å². The summed E-state index contributed by atoms with van der Waals surface area (Å²) in [6.45, 7) is 4.37. The maximum absolute atomic E-state index is 12.6. The fourth-order valence-electron chi connectivity index (χ4n) is 4.29. The number of ether oxygens (including phenoxy) is 1. The number of halogens is 1. The summed E-state index contributed by atoms with van der Waals surface area (Å²) in [5.41, 5.74) is 4.74. The lowest BCUT2D eigenvalue weighted by molar-refractivity contribution is -0.142. The third-order valence-electron chi connectivity index (χ3n) is 5.78. The van der Waals surface area contributed by atoms with Gasteiger partial charge in [-0.1, -0.05) is 23.7 Å². The molecule has 3 heterocycles. The van der Waals surface area contributed by atoms with E-state index in [0.29, 0.717) is 5.92 Å². The van der Waals surface area contributed by atoms with Crippen LogP contribution in [0.1, 0.15) is 54.1 Å². The Balaban J connectivity index is 1.41. The third-order valence-corrected chi connectivity index (χ3v) is 6.04. The van der Waals surface area contributed by atoms with Crippen LogP contribution in [0.4, 0.5) is 0 Å². The second-order valence-corrected chi connectivity index (χ2v) is 8.38. The summed E-state index contributed by atoms with van der Waals surface area (Å²) in [5.74, 6) is 0.592. The van der Waals surface area contributed by atoms with Crippen LogP contribution in [0.3, 0.4) is 0 Å². The van der Waals surface area contributed by atoms with Crippen LogP contribution in [0, 0.1) is 6.92 Å². The van der Waals surface area contributed by atoms with Crippen LogP contribution in [0.15, 0.2) is 36.4 Å². The minimum atomic E-state index is -0.209. The number of aryl methyl sites for hydroxylation is 1. The van der Waals surface area contributed by atoms with E-state index in [2.05, 4.69) is 31.2 Å². The van der Waals surface area contributed by atoms with Gasteiger partial charge in [0.05, 0.1) is 0 Å². The van der Waals surface area contributed by atoms with Gasteiger partial charge in [-0.15, -0.1) is 0 Å². The van der Waals surface area contributed by atoms with Gasteiger partial charge in [0.25, 0.3) is 5.91 Å². The zero-order valence-corrected chi connectivity index (χ0v) is 17.1. The molecule has 1 atom stereocenters. The van der Waals surface area contributed by atoms with E-state index >= 15 is 0 Å². The first-order valence-corrected chi connectivity index (χ1v) is 10.6. The van der Waals surface area contributed by atoms with Crippen LogP contribution in [0.5, 0.6) is 0 Å². The van der Waals surface area contributed by atoms with Gasteiger partial charge in [-0.05, 0) is 74.4 Å². The predicted molar refractivity (Wildman–Crippen MR) is 111 cm³/mol. The standard InChI is InChI=1S/C23H27ClN2O2/c1-16-13-18(14-17-4-6-20(24)7-5-17)15-21(25-16)19-8-10-26(11-9-19)23(27)22-3-2-12-28-22/h4-7,13,15,19,22H,2-3,8-12,14H2,1H3. The molecule has 28 heavy (non-hydrogen) atoms. The van der Waals surface area contributed by atoms with Gasteiger partial charge >= 0.3 is 0 Å². The number of aromatic nitrogens is 1. The molecule has 2 saturated heterocycles. The maximum atomic E-state index is 12.6. The molecule has 1 aromatic carbocycles. The van der Waals surface area contributed by atoms with Gasteiger partial charge in [-0.2, -0.15) is 0 Å². The van der Waals surface area contributed by atoms with Crippen molar-refractivity contribution in [3.05, 3.63) is 63.9 Å². The van der Waals surface area contributed by atoms with Crippen molar-refractivity contribution < 1.29 is 9.53 Å². The fourth-order valence-corrected chi connectivity index (χ4v) is 4.41. The van der Waals surface area contributed by atoms with Gasteiger partial charge in [0, 0.05) is 42.0 Å². The van der Waals surface area contributed by atoms with Crippen LogP contribution in [-0.4, -0.2) is 41.6 Å². The van der Waals surface area contributed by atoms with E-state index in [1.807, 2.05) is 17.0 Å². The molecule has 1 unspecified atom stereocenters. The van der Waals surface area contributed by atoms with Crippen LogP contribution >= 0.6 is 11.6 Å². The molecule has 4 nitrogen and oxygen atoms in total. The smallest absolute Gasteiger partial charge is 0.251 e. The molecule has 0 saturated carbocycles. The lowest BCUT2D eigenvalue weighted by atomic mass is 9.91. The molecule has 0 bridgehead atoms. The van der Waals surface area contributed by atoms with E-state index in [1.165, 1.54) is 11.1 Å².